The molecule has 0 aromatic heterocycles. The van der Waals surface area contributed by atoms with E-state index in [0.29, 0.717) is 5.39 Å². The standard InChI is InChI=1S/C21H15F3N2O3/c22-21(23,24)20(27)29-18-14-8-7-13(10-12(14)6-9-15(18)19(25)26)17-16(28-17)11-4-2-1-3-5-11/h1-10,16-17H,(H3,25,26). The summed E-state index contributed by atoms with van der Waals surface area (Å²) < 4.78 is 48.3. The Morgan fingerprint density at radius 1 is 1.00 bits per heavy atom. The largest absolute Gasteiger partial charge is 0.491 e. The van der Waals surface area contributed by atoms with E-state index in [4.69, 9.17) is 15.9 Å². The van der Waals surface area contributed by atoms with Gasteiger partial charge in [-0.3, -0.25) is 5.41 Å². The fraction of sp³-hybridized carbons (Fsp3) is 0.143. The van der Waals surface area contributed by atoms with Crippen molar-refractivity contribution in [3.63, 3.8) is 0 Å². The third-order valence-corrected chi connectivity index (χ3v) is 4.66. The number of ether oxygens (including phenoxy) is 2. The molecule has 3 N–H and O–H groups in total. The van der Waals surface area contributed by atoms with Crippen LogP contribution < -0.4 is 10.5 Å². The van der Waals surface area contributed by atoms with Crippen LogP contribution in [-0.2, 0) is 9.53 Å². The van der Waals surface area contributed by atoms with Gasteiger partial charge in [0.25, 0.3) is 0 Å². The molecule has 1 saturated heterocycles. The zero-order chi connectivity index (χ0) is 20.8. The van der Waals surface area contributed by atoms with Crippen molar-refractivity contribution in [1.82, 2.24) is 0 Å². The normalized spacial score (nSPS) is 18.4. The Balaban J connectivity index is 1.71. The van der Waals surface area contributed by atoms with E-state index in [0.717, 1.165) is 11.1 Å². The lowest BCUT2D eigenvalue weighted by Gasteiger charge is -2.14. The van der Waals surface area contributed by atoms with E-state index in [-0.39, 0.29) is 28.9 Å². The molecule has 1 aliphatic heterocycles. The molecule has 1 aliphatic rings. The maximum absolute atomic E-state index is 12.7. The van der Waals surface area contributed by atoms with Crippen molar-refractivity contribution >= 4 is 22.6 Å². The SMILES string of the molecule is N=C(N)c1ccc2cc(C3OC3c3ccccc3)ccc2c1OC(=O)C(F)(F)F. The number of amidine groups is 1. The van der Waals surface area contributed by atoms with Gasteiger partial charge in [-0.1, -0.05) is 48.5 Å². The summed E-state index contributed by atoms with van der Waals surface area (Å²) in [5.41, 5.74) is 7.24. The number of alkyl halides is 3. The molecule has 2 atom stereocenters. The molecule has 0 saturated carbocycles. The van der Waals surface area contributed by atoms with Crippen molar-refractivity contribution in [2.45, 2.75) is 18.4 Å². The number of fused-ring (bicyclic) bond motifs is 1. The highest BCUT2D eigenvalue weighted by atomic mass is 19.4. The van der Waals surface area contributed by atoms with Crippen molar-refractivity contribution in [3.05, 3.63) is 77.4 Å². The molecular weight excluding hydrogens is 385 g/mol. The van der Waals surface area contributed by atoms with E-state index < -0.39 is 18.0 Å². The molecule has 0 spiro atoms. The monoisotopic (exact) mass is 400 g/mol. The summed E-state index contributed by atoms with van der Waals surface area (Å²) in [6.45, 7) is 0. The van der Waals surface area contributed by atoms with Gasteiger partial charge in [0.1, 0.15) is 23.8 Å². The molecule has 4 rings (SSSR count). The number of halogens is 3. The fourth-order valence-electron chi connectivity index (χ4n) is 3.23. The maximum atomic E-state index is 12.7. The van der Waals surface area contributed by atoms with Crippen LogP contribution in [-0.4, -0.2) is 18.0 Å². The molecule has 29 heavy (non-hydrogen) atoms. The van der Waals surface area contributed by atoms with Gasteiger partial charge in [-0.05, 0) is 28.6 Å². The zero-order valence-electron chi connectivity index (χ0n) is 14.9. The van der Waals surface area contributed by atoms with Crippen molar-refractivity contribution in [2.24, 2.45) is 5.73 Å². The number of carbonyl (C=O) groups is 1. The molecule has 0 amide bonds. The summed E-state index contributed by atoms with van der Waals surface area (Å²) in [6, 6.07) is 17.6. The van der Waals surface area contributed by atoms with Crippen LogP contribution in [0.5, 0.6) is 5.75 Å². The van der Waals surface area contributed by atoms with Gasteiger partial charge >= 0.3 is 12.1 Å². The van der Waals surface area contributed by atoms with Crippen molar-refractivity contribution < 1.29 is 27.4 Å². The quantitative estimate of drug-likeness (QED) is 0.223. The molecule has 0 radical (unpaired) electrons. The molecule has 0 bridgehead atoms. The Morgan fingerprint density at radius 2 is 1.69 bits per heavy atom. The fourth-order valence-corrected chi connectivity index (χ4v) is 3.23. The number of carbonyl (C=O) groups excluding carboxylic acids is 1. The number of hydrogen-bond acceptors (Lipinski definition) is 4. The first kappa shape index (κ1) is 18.9. The molecule has 2 unspecified atom stereocenters. The predicted octanol–water partition coefficient (Wildman–Crippen LogP) is 4.40. The van der Waals surface area contributed by atoms with Gasteiger partial charge in [0, 0.05) is 5.39 Å². The third kappa shape index (κ3) is 3.66. The van der Waals surface area contributed by atoms with Gasteiger partial charge in [0.2, 0.25) is 0 Å². The summed E-state index contributed by atoms with van der Waals surface area (Å²) in [4.78, 5) is 11.4. The lowest BCUT2D eigenvalue weighted by atomic mass is 9.99. The van der Waals surface area contributed by atoms with Crippen LogP contribution in [0, 0.1) is 5.41 Å². The van der Waals surface area contributed by atoms with Crippen LogP contribution in [0.1, 0.15) is 28.9 Å². The minimum atomic E-state index is -5.17. The second-order valence-electron chi connectivity index (χ2n) is 6.61. The second-order valence-corrected chi connectivity index (χ2v) is 6.61. The number of hydrogen-bond donors (Lipinski definition) is 2. The average molecular weight is 400 g/mol. The molecule has 1 fully saturated rings. The number of benzene rings is 3. The average Bonchev–Trinajstić information content (AvgIpc) is 3.48. The zero-order valence-corrected chi connectivity index (χ0v) is 14.9. The summed E-state index contributed by atoms with van der Waals surface area (Å²) >= 11 is 0. The Labute approximate surface area is 163 Å². The first-order valence-electron chi connectivity index (χ1n) is 8.66. The Kier molecular flexibility index (Phi) is 4.50. The van der Waals surface area contributed by atoms with Crippen LogP contribution in [0.25, 0.3) is 10.8 Å². The molecule has 148 valence electrons. The maximum Gasteiger partial charge on any atom is 0.491 e. The lowest BCUT2D eigenvalue weighted by molar-refractivity contribution is -0.189. The van der Waals surface area contributed by atoms with Gasteiger partial charge in [-0.25, -0.2) is 4.79 Å². The topological polar surface area (TPSA) is 88.7 Å². The van der Waals surface area contributed by atoms with E-state index in [2.05, 4.69) is 4.74 Å². The van der Waals surface area contributed by atoms with Crippen molar-refractivity contribution in [1.29, 1.82) is 5.41 Å². The Hall–Kier alpha value is -3.39. The number of nitrogens with two attached hydrogens (primary N) is 1. The molecule has 0 aliphatic carbocycles. The van der Waals surface area contributed by atoms with Crippen LogP contribution in [0.3, 0.4) is 0 Å². The number of rotatable bonds is 4. The van der Waals surface area contributed by atoms with Gasteiger partial charge in [0.15, 0.2) is 0 Å². The highest BCUT2D eigenvalue weighted by molar-refractivity contribution is 6.05. The third-order valence-electron chi connectivity index (χ3n) is 4.66. The van der Waals surface area contributed by atoms with Crippen LogP contribution in [0.4, 0.5) is 13.2 Å². The number of epoxide rings is 1. The highest BCUT2D eigenvalue weighted by Gasteiger charge is 2.43. The van der Waals surface area contributed by atoms with Crippen molar-refractivity contribution in [2.75, 3.05) is 0 Å². The first-order valence-corrected chi connectivity index (χ1v) is 8.66. The molecule has 5 nitrogen and oxygen atoms in total. The molecule has 8 heteroatoms. The van der Waals surface area contributed by atoms with E-state index >= 15 is 0 Å². The Bertz CT molecular complexity index is 1110. The van der Waals surface area contributed by atoms with Gasteiger partial charge < -0.3 is 15.2 Å². The predicted molar refractivity (Wildman–Crippen MR) is 99.7 cm³/mol. The van der Waals surface area contributed by atoms with Gasteiger partial charge in [-0.2, -0.15) is 13.2 Å². The Morgan fingerprint density at radius 3 is 2.34 bits per heavy atom. The molecule has 3 aromatic carbocycles. The van der Waals surface area contributed by atoms with E-state index in [1.54, 1.807) is 24.3 Å². The van der Waals surface area contributed by atoms with Crippen LogP contribution in [0.15, 0.2) is 60.7 Å². The molecule has 3 aromatic rings. The minimum Gasteiger partial charge on any atom is -0.418 e. The smallest absolute Gasteiger partial charge is 0.418 e. The first-order chi connectivity index (χ1) is 13.8. The van der Waals surface area contributed by atoms with Gasteiger partial charge in [0.05, 0.1) is 5.56 Å². The summed E-state index contributed by atoms with van der Waals surface area (Å²) in [5, 5.41) is 8.37. The molecular formula is C21H15F3N2O3. The van der Waals surface area contributed by atoms with Gasteiger partial charge in [-0.15, -0.1) is 0 Å². The number of esters is 1. The molecule has 1 heterocycles. The van der Waals surface area contributed by atoms with Crippen LogP contribution >= 0.6 is 0 Å². The number of nitrogens with one attached hydrogen (secondary N) is 1. The summed E-state index contributed by atoms with van der Waals surface area (Å²) in [6.07, 6.45) is -5.43. The lowest BCUT2D eigenvalue weighted by Crippen LogP contribution is -2.29. The van der Waals surface area contributed by atoms with E-state index in [1.165, 1.54) is 6.07 Å². The second kappa shape index (κ2) is 6.89. The van der Waals surface area contributed by atoms with E-state index in [9.17, 15) is 18.0 Å². The summed E-state index contributed by atoms with van der Waals surface area (Å²) in [7, 11) is 0. The number of nitrogen functional groups attached to an aromatic ring is 1. The van der Waals surface area contributed by atoms with Crippen LogP contribution in [0.2, 0.25) is 0 Å². The summed E-state index contributed by atoms with van der Waals surface area (Å²) in [5.74, 6) is -3.26. The van der Waals surface area contributed by atoms with E-state index in [1.807, 2.05) is 30.3 Å². The van der Waals surface area contributed by atoms with Crippen molar-refractivity contribution in [3.8, 4) is 5.75 Å². The highest BCUT2D eigenvalue weighted by Crippen LogP contribution is 2.51. The minimum absolute atomic E-state index is 0.0901.